The van der Waals surface area contributed by atoms with Crippen molar-refractivity contribution in [3.05, 3.63) is 103 Å². The van der Waals surface area contributed by atoms with E-state index in [2.05, 4.69) is 117 Å². The highest BCUT2D eigenvalue weighted by Gasteiger charge is 2.44. The lowest BCUT2D eigenvalue weighted by Gasteiger charge is -2.27. The first-order chi connectivity index (χ1) is 22.8. The molecule has 0 saturated heterocycles. The molecule has 0 amide bonds. The molecule has 4 heteroatoms. The van der Waals surface area contributed by atoms with Gasteiger partial charge in [-0.1, -0.05) is 138 Å². The Bertz CT molecular complexity index is 1030. The van der Waals surface area contributed by atoms with Crippen LogP contribution in [0.2, 0.25) is 0 Å². The van der Waals surface area contributed by atoms with Crippen LogP contribution in [0.1, 0.15) is 123 Å². The Hall–Kier alpha value is -1.77. The summed E-state index contributed by atoms with van der Waals surface area (Å²) in [4.78, 5) is 0. The van der Waals surface area contributed by atoms with Crippen molar-refractivity contribution in [3.63, 3.8) is 0 Å². The number of unbranched alkanes of at least 4 members (excludes halogenated alkanes) is 12. The second kappa shape index (κ2) is 27.1. The Balaban J connectivity index is 0.00000768. The molecular formula is C43H64BrO2P. The van der Waals surface area contributed by atoms with E-state index >= 15 is 0 Å². The second-order valence-electron chi connectivity index (χ2n) is 12.8. The summed E-state index contributed by atoms with van der Waals surface area (Å²) in [5, 5.41) is 4.45. The fraction of sp³-hybridized carbons (Fsp3) is 0.535. The topological polar surface area (TPSA) is 18.5 Å². The van der Waals surface area contributed by atoms with Crippen LogP contribution in [0.25, 0.3) is 0 Å². The molecule has 47 heavy (non-hydrogen) atoms. The SMILES string of the molecule is CCCCCCCOC(CCCCCC=CCCC[P+](c1ccccc1)(c1ccccc1)c1ccccc1)OCCCCCCC.[Br-]. The molecule has 0 atom stereocenters. The summed E-state index contributed by atoms with van der Waals surface area (Å²) in [6.07, 6.45) is 27.0. The van der Waals surface area contributed by atoms with Crippen molar-refractivity contribution in [2.45, 2.75) is 129 Å². The number of halogens is 1. The lowest BCUT2D eigenvalue weighted by Crippen LogP contribution is -3.00. The van der Waals surface area contributed by atoms with E-state index in [4.69, 9.17) is 9.47 Å². The Morgan fingerprint density at radius 2 is 0.894 bits per heavy atom. The van der Waals surface area contributed by atoms with Gasteiger partial charge in [-0.25, -0.2) is 0 Å². The van der Waals surface area contributed by atoms with Crippen LogP contribution in [0.15, 0.2) is 103 Å². The second-order valence-corrected chi connectivity index (χ2v) is 16.4. The van der Waals surface area contributed by atoms with Crippen LogP contribution in [-0.2, 0) is 9.47 Å². The molecule has 3 aromatic rings. The lowest BCUT2D eigenvalue weighted by atomic mass is 10.1. The molecule has 0 aliphatic carbocycles. The average molecular weight is 724 g/mol. The zero-order valence-electron chi connectivity index (χ0n) is 29.7. The van der Waals surface area contributed by atoms with Gasteiger partial charge in [-0.15, -0.1) is 0 Å². The minimum Gasteiger partial charge on any atom is -1.00 e. The van der Waals surface area contributed by atoms with Gasteiger partial charge in [-0.05, 0) is 87.8 Å². The van der Waals surface area contributed by atoms with Gasteiger partial charge in [0.25, 0.3) is 0 Å². The summed E-state index contributed by atoms with van der Waals surface area (Å²) in [5.74, 6) is 0. The van der Waals surface area contributed by atoms with E-state index in [1.807, 2.05) is 0 Å². The van der Waals surface area contributed by atoms with Gasteiger partial charge in [-0.2, -0.15) is 0 Å². The van der Waals surface area contributed by atoms with Crippen molar-refractivity contribution in [1.82, 2.24) is 0 Å². The Kier molecular flexibility index (Phi) is 23.9. The molecule has 0 N–H and O–H groups in total. The Morgan fingerprint density at radius 3 is 1.34 bits per heavy atom. The Morgan fingerprint density at radius 1 is 0.489 bits per heavy atom. The summed E-state index contributed by atoms with van der Waals surface area (Å²) >= 11 is 0. The third kappa shape index (κ3) is 16.0. The molecule has 0 aliphatic rings. The first kappa shape index (κ1) is 41.4. The molecule has 0 bridgehead atoms. The zero-order valence-corrected chi connectivity index (χ0v) is 32.2. The van der Waals surface area contributed by atoms with Gasteiger partial charge < -0.3 is 26.5 Å². The molecule has 0 spiro atoms. The van der Waals surface area contributed by atoms with Crippen molar-refractivity contribution in [2.24, 2.45) is 0 Å². The van der Waals surface area contributed by atoms with Crippen LogP contribution >= 0.6 is 7.26 Å². The number of rotatable bonds is 27. The van der Waals surface area contributed by atoms with Crippen molar-refractivity contribution < 1.29 is 26.5 Å². The highest BCUT2D eigenvalue weighted by atomic mass is 79.9. The smallest absolute Gasteiger partial charge is 0.157 e. The predicted molar refractivity (Wildman–Crippen MR) is 205 cm³/mol. The van der Waals surface area contributed by atoms with Crippen LogP contribution in [0.3, 0.4) is 0 Å². The standard InChI is InChI=1S/C43H64O2P.BrH/c1-3-5-7-14-27-37-44-43(45-38-28-15-8-6-4-2)36-26-13-11-9-10-12-16-29-39-46(40-30-20-17-21-31-40,41-32-22-18-23-33-41)42-34-24-19-25-35-42;/h10,12,17-25,30-35,43H,3-9,11,13-16,26-29,36-39H2,1-2H3;1H/q+1;/p-1. The molecule has 2 nitrogen and oxygen atoms in total. The van der Waals surface area contributed by atoms with Crippen LogP contribution in [-0.4, -0.2) is 25.7 Å². The fourth-order valence-electron chi connectivity index (χ4n) is 6.37. The molecule has 260 valence electrons. The molecule has 0 radical (unpaired) electrons. The number of ether oxygens (including phenoxy) is 2. The molecule has 0 aliphatic heterocycles. The minimum absolute atomic E-state index is 0. The average Bonchev–Trinajstić information content (AvgIpc) is 3.11. The molecular weight excluding hydrogens is 659 g/mol. The van der Waals surface area contributed by atoms with E-state index in [1.165, 1.54) is 99.1 Å². The number of hydrogen-bond donors (Lipinski definition) is 0. The van der Waals surface area contributed by atoms with Gasteiger partial charge in [0.15, 0.2) is 6.29 Å². The van der Waals surface area contributed by atoms with Crippen LogP contribution < -0.4 is 32.9 Å². The van der Waals surface area contributed by atoms with Gasteiger partial charge >= 0.3 is 0 Å². The van der Waals surface area contributed by atoms with Gasteiger partial charge in [0.2, 0.25) is 0 Å². The van der Waals surface area contributed by atoms with Gasteiger partial charge in [0, 0.05) is 13.2 Å². The lowest BCUT2D eigenvalue weighted by molar-refractivity contribution is -0.148. The molecule has 0 aromatic heterocycles. The van der Waals surface area contributed by atoms with Crippen molar-refractivity contribution in [3.8, 4) is 0 Å². The quantitative estimate of drug-likeness (QED) is 0.0340. The predicted octanol–water partition coefficient (Wildman–Crippen LogP) is 8.57. The molecule has 0 heterocycles. The number of benzene rings is 3. The maximum atomic E-state index is 6.21. The maximum absolute atomic E-state index is 6.21. The van der Waals surface area contributed by atoms with Crippen molar-refractivity contribution >= 4 is 23.2 Å². The normalized spacial score (nSPS) is 11.7. The zero-order chi connectivity index (χ0) is 32.4. The molecule has 3 aromatic carbocycles. The minimum atomic E-state index is -1.72. The van der Waals surface area contributed by atoms with Gasteiger partial charge in [-0.3, -0.25) is 0 Å². The summed E-state index contributed by atoms with van der Waals surface area (Å²) in [6.45, 7) is 6.23. The van der Waals surface area contributed by atoms with Gasteiger partial charge in [0.1, 0.15) is 23.2 Å². The third-order valence-corrected chi connectivity index (χ3v) is 13.6. The van der Waals surface area contributed by atoms with E-state index < -0.39 is 7.26 Å². The van der Waals surface area contributed by atoms with Crippen LogP contribution in [0.4, 0.5) is 0 Å². The van der Waals surface area contributed by atoms with Crippen molar-refractivity contribution in [2.75, 3.05) is 19.4 Å². The maximum Gasteiger partial charge on any atom is 0.157 e. The first-order valence-electron chi connectivity index (χ1n) is 18.7. The van der Waals surface area contributed by atoms with E-state index in [1.54, 1.807) is 0 Å². The van der Waals surface area contributed by atoms with E-state index in [0.717, 1.165) is 45.3 Å². The summed E-state index contributed by atoms with van der Waals surface area (Å²) in [7, 11) is -1.72. The molecule has 0 unspecified atom stereocenters. The number of allylic oxidation sites excluding steroid dienone is 2. The first-order valence-corrected chi connectivity index (χ1v) is 20.7. The van der Waals surface area contributed by atoms with E-state index in [0.29, 0.717) is 0 Å². The highest BCUT2D eigenvalue weighted by molar-refractivity contribution is 7.95. The highest BCUT2D eigenvalue weighted by Crippen LogP contribution is 2.55. The summed E-state index contributed by atoms with van der Waals surface area (Å²) < 4.78 is 12.4. The molecule has 0 fully saturated rings. The fourth-order valence-corrected chi connectivity index (χ4v) is 10.7. The molecule has 3 rings (SSSR count). The summed E-state index contributed by atoms with van der Waals surface area (Å²) in [5.41, 5.74) is 0. The molecule has 0 saturated carbocycles. The van der Waals surface area contributed by atoms with Crippen molar-refractivity contribution in [1.29, 1.82) is 0 Å². The Labute approximate surface area is 300 Å². The third-order valence-electron chi connectivity index (χ3n) is 9.04. The number of hydrogen-bond acceptors (Lipinski definition) is 2. The van der Waals surface area contributed by atoms with Crippen LogP contribution in [0.5, 0.6) is 0 Å². The largest absolute Gasteiger partial charge is 1.00 e. The summed E-state index contributed by atoms with van der Waals surface area (Å²) in [6, 6.07) is 33.8. The van der Waals surface area contributed by atoms with Gasteiger partial charge in [0.05, 0.1) is 6.16 Å². The van der Waals surface area contributed by atoms with E-state index in [-0.39, 0.29) is 23.3 Å². The van der Waals surface area contributed by atoms with E-state index in [9.17, 15) is 0 Å². The monoisotopic (exact) mass is 722 g/mol. The van der Waals surface area contributed by atoms with Crippen LogP contribution in [0, 0.1) is 0 Å².